The van der Waals surface area contributed by atoms with Gasteiger partial charge in [0, 0.05) is 33.8 Å². The summed E-state index contributed by atoms with van der Waals surface area (Å²) in [4.78, 5) is 26.7. The van der Waals surface area contributed by atoms with Gasteiger partial charge in [-0.25, -0.2) is 0 Å². The van der Waals surface area contributed by atoms with E-state index >= 15 is 0 Å². The van der Waals surface area contributed by atoms with Crippen molar-refractivity contribution in [3.8, 4) is 0 Å². The van der Waals surface area contributed by atoms with Gasteiger partial charge in [0.1, 0.15) is 18.1 Å². The monoisotopic (exact) mass is 269 g/mol. The summed E-state index contributed by atoms with van der Waals surface area (Å²) >= 11 is 0. The third-order valence-corrected chi connectivity index (χ3v) is 2.51. The highest BCUT2D eigenvalue weighted by molar-refractivity contribution is 5.95. The van der Waals surface area contributed by atoms with Gasteiger partial charge in [-0.15, -0.1) is 0 Å². The molecule has 8 nitrogen and oxygen atoms in total. The lowest BCUT2D eigenvalue weighted by molar-refractivity contribution is -0.129. The molecule has 1 aromatic rings. The third-order valence-electron chi connectivity index (χ3n) is 2.51. The minimum atomic E-state index is -0.337. The Bertz CT molecular complexity index is 443. The number of carbonyl (C=O) groups is 2. The number of likely N-dealkylation sites (N-methyl/N-ethyl adjacent to an activating group) is 1. The summed E-state index contributed by atoms with van der Waals surface area (Å²) in [6.07, 6.45) is 0. The zero-order chi connectivity index (χ0) is 14.4. The highest BCUT2D eigenvalue weighted by atomic mass is 16.5. The number of amides is 2. The lowest BCUT2D eigenvalue weighted by atomic mass is 10.3. The molecule has 1 heterocycles. The van der Waals surface area contributed by atoms with Crippen LogP contribution in [0.4, 0.5) is 5.82 Å². The highest BCUT2D eigenvalue weighted by Crippen LogP contribution is 2.05. The van der Waals surface area contributed by atoms with Gasteiger partial charge in [-0.05, 0) is 0 Å². The molecular formula is C11H19N5O3. The van der Waals surface area contributed by atoms with Gasteiger partial charge in [0.15, 0.2) is 0 Å². The number of aromatic amines is 1. The molecule has 1 rings (SSSR count). The van der Waals surface area contributed by atoms with Crippen LogP contribution in [0.3, 0.4) is 0 Å². The second kappa shape index (κ2) is 6.74. The number of anilines is 1. The fourth-order valence-electron chi connectivity index (χ4n) is 1.38. The molecule has 106 valence electrons. The van der Waals surface area contributed by atoms with Crippen molar-refractivity contribution in [1.29, 1.82) is 0 Å². The summed E-state index contributed by atoms with van der Waals surface area (Å²) in [6, 6.07) is 1.43. The van der Waals surface area contributed by atoms with E-state index in [0.717, 1.165) is 0 Å². The Balaban J connectivity index is 2.78. The van der Waals surface area contributed by atoms with Crippen LogP contribution in [0.2, 0.25) is 0 Å². The van der Waals surface area contributed by atoms with Gasteiger partial charge in [-0.3, -0.25) is 14.7 Å². The second-order valence-electron chi connectivity index (χ2n) is 4.21. The zero-order valence-electron chi connectivity index (χ0n) is 11.3. The maximum absolute atomic E-state index is 12.2. The molecule has 0 unspecified atom stereocenters. The van der Waals surface area contributed by atoms with Crippen LogP contribution in [0, 0.1) is 0 Å². The summed E-state index contributed by atoms with van der Waals surface area (Å²) in [5, 5.41) is 6.23. The van der Waals surface area contributed by atoms with E-state index < -0.39 is 0 Å². The van der Waals surface area contributed by atoms with Crippen molar-refractivity contribution in [3.63, 3.8) is 0 Å². The van der Waals surface area contributed by atoms with E-state index in [1.165, 1.54) is 23.0 Å². The van der Waals surface area contributed by atoms with Gasteiger partial charge in [0.2, 0.25) is 5.91 Å². The van der Waals surface area contributed by atoms with Crippen LogP contribution < -0.4 is 5.73 Å². The molecular weight excluding hydrogens is 250 g/mol. The summed E-state index contributed by atoms with van der Waals surface area (Å²) in [5.74, 6) is -0.276. The van der Waals surface area contributed by atoms with Crippen molar-refractivity contribution in [2.24, 2.45) is 0 Å². The lowest BCUT2D eigenvalue weighted by Crippen LogP contribution is -2.42. The smallest absolute Gasteiger partial charge is 0.272 e. The first-order valence-corrected chi connectivity index (χ1v) is 5.75. The number of H-pyrrole nitrogens is 1. The van der Waals surface area contributed by atoms with Crippen molar-refractivity contribution < 1.29 is 14.3 Å². The molecule has 0 aliphatic rings. The average molecular weight is 269 g/mol. The molecule has 0 aliphatic carbocycles. The van der Waals surface area contributed by atoms with Crippen molar-refractivity contribution >= 4 is 17.6 Å². The maximum atomic E-state index is 12.2. The van der Waals surface area contributed by atoms with Gasteiger partial charge in [0.05, 0.1) is 6.61 Å². The molecule has 0 bridgehead atoms. The number of methoxy groups -OCH3 is 1. The van der Waals surface area contributed by atoms with E-state index in [4.69, 9.17) is 10.5 Å². The van der Waals surface area contributed by atoms with Crippen LogP contribution >= 0.6 is 0 Å². The summed E-state index contributed by atoms with van der Waals surface area (Å²) < 4.78 is 4.94. The summed E-state index contributed by atoms with van der Waals surface area (Å²) in [7, 11) is 4.80. The van der Waals surface area contributed by atoms with Crippen LogP contribution in [0.25, 0.3) is 0 Å². The highest BCUT2D eigenvalue weighted by Gasteiger charge is 2.21. The molecule has 19 heavy (non-hydrogen) atoms. The van der Waals surface area contributed by atoms with Crippen molar-refractivity contribution in [2.45, 2.75) is 0 Å². The Hall–Kier alpha value is -2.09. The number of nitrogens with one attached hydrogen (secondary N) is 1. The number of hydrogen-bond acceptors (Lipinski definition) is 5. The van der Waals surface area contributed by atoms with Gasteiger partial charge in [-0.1, -0.05) is 0 Å². The fraction of sp³-hybridized carbons (Fsp3) is 0.545. The first kappa shape index (κ1) is 15.0. The van der Waals surface area contributed by atoms with Gasteiger partial charge < -0.3 is 20.3 Å². The Morgan fingerprint density at radius 1 is 1.47 bits per heavy atom. The predicted molar refractivity (Wildman–Crippen MR) is 69.5 cm³/mol. The fourth-order valence-corrected chi connectivity index (χ4v) is 1.38. The standard InChI is InChI=1S/C11H19N5O3/c1-15(2)10(17)7-16(4-5-19-3)11(18)8-6-9(12)14-13-8/h6H,4-5,7H2,1-3H3,(H3,12,13,14). The van der Waals surface area contributed by atoms with Crippen molar-refractivity contribution in [3.05, 3.63) is 11.8 Å². The minimum absolute atomic E-state index is 0.0197. The minimum Gasteiger partial charge on any atom is -0.383 e. The summed E-state index contributed by atoms with van der Waals surface area (Å²) in [5.41, 5.74) is 5.70. The lowest BCUT2D eigenvalue weighted by Gasteiger charge is -2.22. The molecule has 1 aromatic heterocycles. The maximum Gasteiger partial charge on any atom is 0.272 e. The first-order valence-electron chi connectivity index (χ1n) is 5.75. The second-order valence-corrected chi connectivity index (χ2v) is 4.21. The van der Waals surface area contributed by atoms with Crippen LogP contribution in [-0.2, 0) is 9.53 Å². The number of rotatable bonds is 6. The molecule has 0 fully saturated rings. The van der Waals surface area contributed by atoms with Gasteiger partial charge >= 0.3 is 0 Å². The van der Waals surface area contributed by atoms with Gasteiger partial charge in [0.25, 0.3) is 5.91 Å². The number of carbonyl (C=O) groups excluding carboxylic acids is 2. The SMILES string of the molecule is COCCN(CC(=O)N(C)C)C(=O)c1cc(N)n[nH]1. The molecule has 2 amide bonds. The third kappa shape index (κ3) is 4.25. The number of nitrogens with two attached hydrogens (primary N) is 1. The molecule has 0 spiro atoms. The van der Waals surface area contributed by atoms with Crippen LogP contribution in [0.5, 0.6) is 0 Å². The number of nitrogens with zero attached hydrogens (tertiary/aromatic N) is 3. The van der Waals surface area contributed by atoms with Crippen molar-refractivity contribution in [1.82, 2.24) is 20.0 Å². The zero-order valence-corrected chi connectivity index (χ0v) is 11.3. The molecule has 0 aromatic carbocycles. The van der Waals surface area contributed by atoms with E-state index in [-0.39, 0.29) is 29.9 Å². The van der Waals surface area contributed by atoms with E-state index in [1.807, 2.05) is 0 Å². The Morgan fingerprint density at radius 2 is 2.16 bits per heavy atom. The number of nitrogen functional groups attached to an aromatic ring is 1. The molecule has 0 atom stereocenters. The normalized spacial score (nSPS) is 10.3. The van der Waals surface area contributed by atoms with E-state index in [1.54, 1.807) is 14.1 Å². The number of aromatic nitrogens is 2. The molecule has 0 radical (unpaired) electrons. The average Bonchev–Trinajstić information content (AvgIpc) is 2.79. The quantitative estimate of drug-likeness (QED) is 0.701. The first-order chi connectivity index (χ1) is 8.95. The largest absolute Gasteiger partial charge is 0.383 e. The molecule has 3 N–H and O–H groups in total. The molecule has 0 aliphatic heterocycles. The summed E-state index contributed by atoms with van der Waals surface area (Å²) in [6.45, 7) is 0.637. The molecule has 0 saturated carbocycles. The van der Waals surface area contributed by atoms with Crippen molar-refractivity contribution in [2.75, 3.05) is 46.6 Å². The van der Waals surface area contributed by atoms with E-state index in [0.29, 0.717) is 13.2 Å². The Kier molecular flexibility index (Phi) is 5.31. The molecule has 8 heteroatoms. The van der Waals surface area contributed by atoms with E-state index in [2.05, 4.69) is 10.2 Å². The van der Waals surface area contributed by atoms with Crippen LogP contribution in [0.1, 0.15) is 10.5 Å². The Morgan fingerprint density at radius 3 is 2.63 bits per heavy atom. The topological polar surface area (TPSA) is 105 Å². The van der Waals surface area contributed by atoms with Gasteiger partial charge in [-0.2, -0.15) is 5.10 Å². The Labute approximate surface area is 111 Å². The number of hydrogen-bond donors (Lipinski definition) is 2. The van der Waals surface area contributed by atoms with E-state index in [9.17, 15) is 9.59 Å². The van der Waals surface area contributed by atoms with Crippen LogP contribution in [-0.4, -0.2) is 72.7 Å². The number of ether oxygens (including phenoxy) is 1. The van der Waals surface area contributed by atoms with Crippen LogP contribution in [0.15, 0.2) is 6.07 Å². The molecule has 0 saturated heterocycles. The predicted octanol–water partition coefficient (Wildman–Crippen LogP) is -0.831.